The third-order valence-electron chi connectivity index (χ3n) is 1.66. The molecule has 0 N–H and O–H groups in total. The molecule has 12 heavy (non-hydrogen) atoms. The lowest BCUT2D eigenvalue weighted by molar-refractivity contribution is 0.372. The molecule has 0 atom stereocenters. The number of hydrogen-bond acceptors (Lipinski definition) is 4. The maximum atomic E-state index is 5.01. The maximum absolute atomic E-state index is 5.01. The second-order valence-corrected chi connectivity index (χ2v) is 2.38. The van der Waals surface area contributed by atoms with Crippen LogP contribution in [0.4, 0.5) is 0 Å². The topological polar surface area (TPSA) is 52.3 Å². The molecule has 0 amide bonds. The van der Waals surface area contributed by atoms with Gasteiger partial charge in [0.05, 0.1) is 12.8 Å². The Morgan fingerprint density at radius 1 is 1.33 bits per heavy atom. The van der Waals surface area contributed by atoms with E-state index in [9.17, 15) is 0 Å². The van der Waals surface area contributed by atoms with E-state index in [-0.39, 0.29) is 0 Å². The van der Waals surface area contributed by atoms with E-state index in [0.29, 0.717) is 6.01 Å². The minimum Gasteiger partial charge on any atom is -0.468 e. The SMILES string of the molecule is COc1ncnc2c(C)ncn12. The number of methoxy groups -OCH3 is 1. The van der Waals surface area contributed by atoms with Crippen LogP contribution in [0.1, 0.15) is 5.69 Å². The van der Waals surface area contributed by atoms with Crippen LogP contribution in [0.5, 0.6) is 6.01 Å². The van der Waals surface area contributed by atoms with Gasteiger partial charge in [0.2, 0.25) is 0 Å². The molecule has 0 aliphatic rings. The lowest BCUT2D eigenvalue weighted by Gasteiger charge is -1.99. The summed E-state index contributed by atoms with van der Waals surface area (Å²) in [5, 5.41) is 0. The van der Waals surface area contributed by atoms with Crippen LogP contribution >= 0.6 is 0 Å². The lowest BCUT2D eigenvalue weighted by atomic mass is 10.5. The van der Waals surface area contributed by atoms with Crippen LogP contribution in [0.15, 0.2) is 12.7 Å². The second-order valence-electron chi connectivity index (χ2n) is 2.38. The molecule has 0 radical (unpaired) electrons. The third kappa shape index (κ3) is 0.827. The molecule has 2 aromatic rings. The van der Waals surface area contributed by atoms with Gasteiger partial charge in [-0.1, -0.05) is 0 Å². The van der Waals surface area contributed by atoms with E-state index in [1.807, 2.05) is 6.92 Å². The van der Waals surface area contributed by atoms with Crippen molar-refractivity contribution in [2.75, 3.05) is 7.11 Å². The van der Waals surface area contributed by atoms with E-state index in [1.54, 1.807) is 17.8 Å². The van der Waals surface area contributed by atoms with Gasteiger partial charge in [-0.3, -0.25) is 0 Å². The van der Waals surface area contributed by atoms with Gasteiger partial charge in [-0.2, -0.15) is 4.98 Å². The molecule has 0 bridgehead atoms. The van der Waals surface area contributed by atoms with Crippen LogP contribution in [0.2, 0.25) is 0 Å². The summed E-state index contributed by atoms with van der Waals surface area (Å²) in [7, 11) is 1.57. The Morgan fingerprint density at radius 3 is 2.92 bits per heavy atom. The van der Waals surface area contributed by atoms with Gasteiger partial charge in [0.15, 0.2) is 5.65 Å². The van der Waals surface area contributed by atoms with Crippen molar-refractivity contribution < 1.29 is 4.74 Å². The predicted octanol–water partition coefficient (Wildman–Crippen LogP) is 0.441. The number of rotatable bonds is 1. The Kier molecular flexibility index (Phi) is 1.43. The van der Waals surface area contributed by atoms with Gasteiger partial charge >= 0.3 is 6.01 Å². The molecule has 2 aromatic heterocycles. The Balaban J connectivity index is 2.81. The van der Waals surface area contributed by atoms with Gasteiger partial charge in [-0.15, -0.1) is 0 Å². The zero-order valence-electron chi connectivity index (χ0n) is 6.85. The van der Waals surface area contributed by atoms with Gasteiger partial charge in [-0.25, -0.2) is 14.4 Å². The molecule has 2 rings (SSSR count). The smallest absolute Gasteiger partial charge is 0.304 e. The zero-order chi connectivity index (χ0) is 8.55. The maximum Gasteiger partial charge on any atom is 0.304 e. The first-order valence-corrected chi connectivity index (χ1v) is 3.51. The highest BCUT2D eigenvalue weighted by Gasteiger charge is 2.04. The highest BCUT2D eigenvalue weighted by molar-refractivity contribution is 5.43. The van der Waals surface area contributed by atoms with E-state index in [2.05, 4.69) is 15.0 Å². The molecule has 5 heteroatoms. The molecule has 62 valence electrons. The number of imidazole rings is 1. The van der Waals surface area contributed by atoms with E-state index in [4.69, 9.17) is 4.74 Å². The van der Waals surface area contributed by atoms with Crippen LogP contribution < -0.4 is 4.74 Å². The fraction of sp³-hybridized carbons (Fsp3) is 0.286. The van der Waals surface area contributed by atoms with Crippen molar-refractivity contribution in [2.24, 2.45) is 0 Å². The highest BCUT2D eigenvalue weighted by Crippen LogP contribution is 2.10. The number of ether oxygens (including phenoxy) is 1. The van der Waals surface area contributed by atoms with Gasteiger partial charge in [0.1, 0.15) is 12.7 Å². The largest absolute Gasteiger partial charge is 0.468 e. The molecule has 0 spiro atoms. The fourth-order valence-corrected chi connectivity index (χ4v) is 1.07. The molecule has 2 heterocycles. The minimum atomic E-state index is 0.501. The molecular weight excluding hydrogens is 156 g/mol. The van der Waals surface area contributed by atoms with E-state index in [0.717, 1.165) is 11.3 Å². The van der Waals surface area contributed by atoms with Crippen molar-refractivity contribution in [1.82, 2.24) is 19.4 Å². The van der Waals surface area contributed by atoms with Crippen LogP contribution in [-0.2, 0) is 0 Å². The third-order valence-corrected chi connectivity index (χ3v) is 1.66. The molecule has 0 aliphatic heterocycles. The van der Waals surface area contributed by atoms with Crippen molar-refractivity contribution in [3.63, 3.8) is 0 Å². The molecule has 0 fully saturated rings. The predicted molar refractivity (Wildman–Crippen MR) is 42.1 cm³/mol. The van der Waals surface area contributed by atoms with Gasteiger partial charge < -0.3 is 4.74 Å². The molecule has 0 saturated heterocycles. The van der Waals surface area contributed by atoms with Crippen LogP contribution in [0, 0.1) is 6.92 Å². The molecule has 0 saturated carbocycles. The van der Waals surface area contributed by atoms with Crippen molar-refractivity contribution in [3.8, 4) is 6.01 Å². The van der Waals surface area contributed by atoms with E-state index >= 15 is 0 Å². The summed E-state index contributed by atoms with van der Waals surface area (Å²) in [6.07, 6.45) is 3.10. The Bertz CT molecular complexity index is 409. The summed E-state index contributed by atoms with van der Waals surface area (Å²) in [6.45, 7) is 1.89. The van der Waals surface area contributed by atoms with Crippen molar-refractivity contribution in [3.05, 3.63) is 18.3 Å². The molecule has 5 nitrogen and oxygen atoms in total. The second kappa shape index (κ2) is 2.44. The highest BCUT2D eigenvalue weighted by atomic mass is 16.5. The number of aryl methyl sites for hydroxylation is 1. The van der Waals surface area contributed by atoms with Crippen molar-refractivity contribution >= 4 is 5.65 Å². The van der Waals surface area contributed by atoms with Crippen LogP contribution in [0.3, 0.4) is 0 Å². The Labute approximate surface area is 69.1 Å². The normalized spacial score (nSPS) is 10.5. The van der Waals surface area contributed by atoms with Gasteiger partial charge in [-0.05, 0) is 6.92 Å². The van der Waals surface area contributed by atoms with Crippen molar-refractivity contribution in [2.45, 2.75) is 6.92 Å². The van der Waals surface area contributed by atoms with Gasteiger partial charge in [0, 0.05) is 0 Å². The molecule has 0 aromatic carbocycles. The Hall–Kier alpha value is -1.65. The standard InChI is InChI=1S/C7H8N4O/c1-5-6-8-3-9-7(12-2)11(6)4-10-5/h3-4H,1-2H3. The van der Waals surface area contributed by atoms with Crippen LogP contribution in [-0.4, -0.2) is 26.5 Å². The molecular formula is C7H8N4O. The number of aromatic nitrogens is 4. The number of nitrogens with zero attached hydrogens (tertiary/aromatic N) is 4. The average Bonchev–Trinajstić information content (AvgIpc) is 2.48. The summed E-state index contributed by atoms with van der Waals surface area (Å²) in [6, 6.07) is 0.501. The molecule has 0 unspecified atom stereocenters. The monoisotopic (exact) mass is 164 g/mol. The first-order chi connectivity index (χ1) is 5.83. The number of fused-ring (bicyclic) bond motifs is 1. The average molecular weight is 164 g/mol. The van der Waals surface area contributed by atoms with Crippen molar-refractivity contribution in [1.29, 1.82) is 0 Å². The van der Waals surface area contributed by atoms with E-state index in [1.165, 1.54) is 6.33 Å². The number of hydrogen-bond donors (Lipinski definition) is 0. The Morgan fingerprint density at radius 2 is 2.17 bits per heavy atom. The first-order valence-electron chi connectivity index (χ1n) is 3.51. The fourth-order valence-electron chi connectivity index (χ4n) is 1.07. The lowest BCUT2D eigenvalue weighted by Crippen LogP contribution is -1.97. The summed E-state index contributed by atoms with van der Waals surface area (Å²) in [5.41, 5.74) is 1.65. The first kappa shape index (κ1) is 7.02. The minimum absolute atomic E-state index is 0.501. The summed E-state index contributed by atoms with van der Waals surface area (Å²) in [4.78, 5) is 12.1. The quantitative estimate of drug-likeness (QED) is 0.613. The zero-order valence-corrected chi connectivity index (χ0v) is 6.85. The summed E-state index contributed by atoms with van der Waals surface area (Å²) >= 11 is 0. The van der Waals surface area contributed by atoms with Crippen LogP contribution in [0.25, 0.3) is 5.65 Å². The summed E-state index contributed by atoms with van der Waals surface area (Å²) < 4.78 is 6.72. The summed E-state index contributed by atoms with van der Waals surface area (Å²) in [5.74, 6) is 0. The van der Waals surface area contributed by atoms with Gasteiger partial charge in [0.25, 0.3) is 0 Å². The molecule has 0 aliphatic carbocycles. The van der Waals surface area contributed by atoms with E-state index < -0.39 is 0 Å².